The molecule has 0 saturated heterocycles. The van der Waals surface area contributed by atoms with Crippen LogP contribution < -0.4 is 14.8 Å². The number of ether oxygens (including phenoxy) is 1. The van der Waals surface area contributed by atoms with Gasteiger partial charge in [0.25, 0.3) is 0 Å². The quantitative estimate of drug-likeness (QED) is 0.408. The number of nitrogens with zero attached hydrogens (tertiary/aromatic N) is 2. The molecular formula is C22H20N4O4S2. The Morgan fingerprint density at radius 1 is 1.00 bits per heavy atom. The summed E-state index contributed by atoms with van der Waals surface area (Å²) in [6.07, 6.45) is 0. The standard InChI is InChI=1S/C22H20N4O4S2/c1-2-30-18-13-7-6-11-16(18)23-22(27)20(15-9-4-3-5-10-15)26-32(28,29)19-14-8-12-17-21(19)25-31-24-17/h3-14,20,26H,2H2,1H3,(H,23,27)/t20-/m0/s1. The Bertz CT molecular complexity index is 1340. The fourth-order valence-electron chi connectivity index (χ4n) is 3.19. The number of amides is 1. The number of carbonyl (C=O) groups excluding carboxylic acids is 1. The SMILES string of the molecule is CCOc1ccccc1NC(=O)[C@@H](NS(=O)(=O)c1cccc2nsnc12)c1ccccc1. The molecule has 10 heteroatoms. The van der Waals surface area contributed by atoms with Crippen LogP contribution in [-0.2, 0) is 14.8 Å². The molecule has 1 heterocycles. The maximum absolute atomic E-state index is 13.3. The molecule has 4 aromatic rings. The van der Waals surface area contributed by atoms with Crippen LogP contribution in [0.2, 0.25) is 0 Å². The van der Waals surface area contributed by atoms with Gasteiger partial charge in [-0.1, -0.05) is 48.5 Å². The Labute approximate surface area is 189 Å². The van der Waals surface area contributed by atoms with Gasteiger partial charge in [0.1, 0.15) is 27.7 Å². The number of fused-ring (bicyclic) bond motifs is 1. The summed E-state index contributed by atoms with van der Waals surface area (Å²) in [4.78, 5) is 13.2. The van der Waals surface area contributed by atoms with Gasteiger partial charge in [0, 0.05) is 0 Å². The third kappa shape index (κ3) is 4.62. The minimum Gasteiger partial charge on any atom is -0.492 e. The van der Waals surface area contributed by atoms with Gasteiger partial charge in [0.15, 0.2) is 0 Å². The van der Waals surface area contributed by atoms with E-state index >= 15 is 0 Å². The van der Waals surface area contributed by atoms with E-state index in [1.165, 1.54) is 6.07 Å². The van der Waals surface area contributed by atoms with Gasteiger partial charge in [-0.15, -0.1) is 0 Å². The molecule has 0 radical (unpaired) electrons. The molecule has 1 amide bonds. The summed E-state index contributed by atoms with van der Waals surface area (Å²) < 4.78 is 42.8. The first-order valence-corrected chi connectivity index (χ1v) is 12.0. The van der Waals surface area contributed by atoms with E-state index < -0.39 is 22.0 Å². The van der Waals surface area contributed by atoms with Crippen LogP contribution in [-0.4, -0.2) is 29.7 Å². The highest BCUT2D eigenvalue weighted by Gasteiger charge is 2.29. The van der Waals surface area contributed by atoms with Crippen molar-refractivity contribution in [1.82, 2.24) is 13.5 Å². The van der Waals surface area contributed by atoms with Crippen LogP contribution in [0.1, 0.15) is 18.5 Å². The lowest BCUT2D eigenvalue weighted by Gasteiger charge is -2.20. The first-order chi connectivity index (χ1) is 15.5. The number of hydrogen-bond acceptors (Lipinski definition) is 7. The van der Waals surface area contributed by atoms with Gasteiger partial charge in [-0.05, 0) is 36.8 Å². The molecule has 0 saturated carbocycles. The topological polar surface area (TPSA) is 110 Å². The second kappa shape index (κ2) is 9.43. The van der Waals surface area contributed by atoms with Crippen LogP contribution in [0, 0.1) is 0 Å². The molecule has 32 heavy (non-hydrogen) atoms. The van der Waals surface area contributed by atoms with Crippen molar-refractivity contribution < 1.29 is 17.9 Å². The van der Waals surface area contributed by atoms with Crippen molar-refractivity contribution in [3.05, 3.63) is 78.4 Å². The number of sulfonamides is 1. The largest absolute Gasteiger partial charge is 0.492 e. The monoisotopic (exact) mass is 468 g/mol. The van der Waals surface area contributed by atoms with Gasteiger partial charge in [-0.3, -0.25) is 4.79 Å². The van der Waals surface area contributed by atoms with E-state index in [0.717, 1.165) is 11.7 Å². The molecule has 0 aliphatic heterocycles. The Hall–Kier alpha value is -3.34. The van der Waals surface area contributed by atoms with Crippen LogP contribution in [0.3, 0.4) is 0 Å². The number of benzene rings is 3. The molecule has 8 nitrogen and oxygen atoms in total. The van der Waals surface area contributed by atoms with Crippen molar-refractivity contribution in [1.29, 1.82) is 0 Å². The highest BCUT2D eigenvalue weighted by atomic mass is 32.2. The molecule has 3 aromatic carbocycles. The molecule has 0 fully saturated rings. The summed E-state index contributed by atoms with van der Waals surface area (Å²) in [5.41, 5.74) is 1.68. The summed E-state index contributed by atoms with van der Waals surface area (Å²) in [6.45, 7) is 2.26. The lowest BCUT2D eigenvalue weighted by atomic mass is 10.1. The Morgan fingerprint density at radius 2 is 1.75 bits per heavy atom. The van der Waals surface area contributed by atoms with Crippen molar-refractivity contribution >= 4 is 44.4 Å². The maximum Gasteiger partial charge on any atom is 0.247 e. The predicted molar refractivity (Wildman–Crippen MR) is 123 cm³/mol. The molecule has 0 spiro atoms. The van der Waals surface area contributed by atoms with Crippen LogP contribution in [0.15, 0.2) is 77.7 Å². The van der Waals surface area contributed by atoms with E-state index in [2.05, 4.69) is 18.8 Å². The Morgan fingerprint density at radius 3 is 2.53 bits per heavy atom. The van der Waals surface area contributed by atoms with Gasteiger partial charge in [0.2, 0.25) is 15.9 Å². The third-order valence-electron chi connectivity index (χ3n) is 4.65. The van der Waals surface area contributed by atoms with Crippen molar-refractivity contribution in [2.45, 2.75) is 17.9 Å². The summed E-state index contributed by atoms with van der Waals surface area (Å²) >= 11 is 0.927. The van der Waals surface area contributed by atoms with E-state index in [1.54, 1.807) is 66.7 Å². The number of nitrogens with one attached hydrogen (secondary N) is 2. The van der Waals surface area contributed by atoms with Crippen LogP contribution in [0.4, 0.5) is 5.69 Å². The molecule has 164 valence electrons. The normalized spacial score (nSPS) is 12.4. The number of hydrogen-bond donors (Lipinski definition) is 2. The summed E-state index contributed by atoms with van der Waals surface area (Å²) in [5, 5.41) is 2.78. The van der Waals surface area contributed by atoms with Crippen LogP contribution in [0.5, 0.6) is 5.75 Å². The smallest absolute Gasteiger partial charge is 0.247 e. The number of carbonyl (C=O) groups is 1. The van der Waals surface area contributed by atoms with Gasteiger partial charge < -0.3 is 10.1 Å². The van der Waals surface area contributed by atoms with Crippen LogP contribution in [0.25, 0.3) is 11.0 Å². The van der Waals surface area contributed by atoms with E-state index in [0.29, 0.717) is 29.1 Å². The zero-order valence-corrected chi connectivity index (χ0v) is 18.7. The van der Waals surface area contributed by atoms with Crippen molar-refractivity contribution in [3.8, 4) is 5.75 Å². The van der Waals surface area contributed by atoms with Gasteiger partial charge in [-0.25, -0.2) is 8.42 Å². The first kappa shape index (κ1) is 21.9. The minimum absolute atomic E-state index is 0.0350. The average molecular weight is 469 g/mol. The lowest BCUT2D eigenvalue weighted by molar-refractivity contribution is -0.117. The number of para-hydroxylation sites is 2. The van der Waals surface area contributed by atoms with Crippen molar-refractivity contribution in [2.75, 3.05) is 11.9 Å². The van der Waals surface area contributed by atoms with Gasteiger partial charge >= 0.3 is 0 Å². The molecule has 0 aliphatic carbocycles. The molecule has 2 N–H and O–H groups in total. The van der Waals surface area contributed by atoms with E-state index in [-0.39, 0.29) is 10.4 Å². The zero-order chi connectivity index (χ0) is 22.6. The summed E-state index contributed by atoms with van der Waals surface area (Å²) in [7, 11) is -4.10. The first-order valence-electron chi connectivity index (χ1n) is 9.81. The molecular weight excluding hydrogens is 448 g/mol. The van der Waals surface area contributed by atoms with Crippen LogP contribution >= 0.6 is 11.7 Å². The van der Waals surface area contributed by atoms with E-state index in [1.807, 2.05) is 6.92 Å². The highest BCUT2D eigenvalue weighted by Crippen LogP contribution is 2.27. The second-order valence-corrected chi connectivity index (χ2v) is 8.98. The molecule has 1 atom stereocenters. The fraction of sp³-hybridized carbons (Fsp3) is 0.136. The van der Waals surface area contributed by atoms with Crippen molar-refractivity contribution in [3.63, 3.8) is 0 Å². The van der Waals surface area contributed by atoms with Gasteiger partial charge in [0.05, 0.1) is 24.0 Å². The van der Waals surface area contributed by atoms with Gasteiger partial charge in [-0.2, -0.15) is 13.5 Å². The zero-order valence-electron chi connectivity index (χ0n) is 17.1. The number of rotatable bonds is 8. The highest BCUT2D eigenvalue weighted by molar-refractivity contribution is 7.89. The lowest BCUT2D eigenvalue weighted by Crippen LogP contribution is -2.37. The number of anilines is 1. The third-order valence-corrected chi connectivity index (χ3v) is 6.65. The molecule has 1 aromatic heterocycles. The maximum atomic E-state index is 13.3. The molecule has 0 unspecified atom stereocenters. The minimum atomic E-state index is -4.10. The molecule has 0 aliphatic rings. The predicted octanol–water partition coefficient (Wildman–Crippen LogP) is 3.75. The van der Waals surface area contributed by atoms with E-state index in [9.17, 15) is 13.2 Å². The van der Waals surface area contributed by atoms with E-state index in [4.69, 9.17) is 4.74 Å². The molecule has 4 rings (SSSR count). The number of aromatic nitrogens is 2. The summed E-state index contributed by atoms with van der Waals surface area (Å²) in [5.74, 6) is -0.0492. The average Bonchev–Trinajstić information content (AvgIpc) is 3.28. The summed E-state index contributed by atoms with van der Waals surface area (Å²) in [6, 6.07) is 19.2. The fourth-order valence-corrected chi connectivity index (χ4v) is 5.14. The van der Waals surface area contributed by atoms with Crippen molar-refractivity contribution in [2.24, 2.45) is 0 Å². The molecule has 0 bridgehead atoms. The second-order valence-electron chi connectivity index (χ2n) is 6.77. The Kier molecular flexibility index (Phi) is 6.45. The Balaban J connectivity index is 1.69.